The van der Waals surface area contributed by atoms with Crippen LogP contribution in [-0.4, -0.2) is 53.1 Å². The SMILES string of the molecule is O=C(/C=C/c1ccccc1N1CCN(C(=O)C2(c3cccnc3)CC2)CC1)NO. The Morgan fingerprint density at radius 2 is 1.83 bits per heavy atom. The van der Waals surface area contributed by atoms with Crippen molar-refractivity contribution in [3.8, 4) is 0 Å². The van der Waals surface area contributed by atoms with Gasteiger partial charge in [0.25, 0.3) is 5.91 Å². The third-order valence-corrected chi connectivity index (χ3v) is 5.74. The van der Waals surface area contributed by atoms with E-state index in [1.54, 1.807) is 17.8 Å². The second-order valence-electron chi connectivity index (χ2n) is 7.47. The first-order valence-corrected chi connectivity index (χ1v) is 9.80. The van der Waals surface area contributed by atoms with Gasteiger partial charge < -0.3 is 9.80 Å². The first-order chi connectivity index (χ1) is 14.1. The maximum atomic E-state index is 13.2. The molecule has 150 valence electrons. The van der Waals surface area contributed by atoms with Gasteiger partial charge in [0.2, 0.25) is 5.91 Å². The highest BCUT2D eigenvalue weighted by molar-refractivity contribution is 5.92. The number of amides is 2. The van der Waals surface area contributed by atoms with Crippen molar-refractivity contribution in [3.63, 3.8) is 0 Å². The molecule has 2 aliphatic rings. The molecule has 0 radical (unpaired) electrons. The number of hydrogen-bond donors (Lipinski definition) is 2. The Morgan fingerprint density at radius 1 is 1.07 bits per heavy atom. The maximum Gasteiger partial charge on any atom is 0.267 e. The summed E-state index contributed by atoms with van der Waals surface area (Å²) in [6.07, 6.45) is 8.30. The molecule has 7 heteroatoms. The van der Waals surface area contributed by atoms with Gasteiger partial charge in [0.05, 0.1) is 5.41 Å². The molecule has 1 aliphatic heterocycles. The lowest BCUT2D eigenvalue weighted by Gasteiger charge is -2.38. The second kappa shape index (κ2) is 8.05. The molecule has 2 heterocycles. The van der Waals surface area contributed by atoms with E-state index in [1.807, 2.05) is 47.5 Å². The van der Waals surface area contributed by atoms with Gasteiger partial charge in [-0.05, 0) is 42.2 Å². The van der Waals surface area contributed by atoms with E-state index in [2.05, 4.69) is 9.88 Å². The Kier molecular flexibility index (Phi) is 5.31. The largest absolute Gasteiger partial charge is 0.367 e. The summed E-state index contributed by atoms with van der Waals surface area (Å²) in [6, 6.07) is 11.7. The molecule has 1 saturated heterocycles. The van der Waals surface area contributed by atoms with Gasteiger partial charge in [-0.15, -0.1) is 0 Å². The smallest absolute Gasteiger partial charge is 0.267 e. The summed E-state index contributed by atoms with van der Waals surface area (Å²) in [5.41, 5.74) is 4.14. The fraction of sp³-hybridized carbons (Fsp3) is 0.318. The molecule has 1 aromatic heterocycles. The second-order valence-corrected chi connectivity index (χ2v) is 7.47. The van der Waals surface area contributed by atoms with Crippen molar-refractivity contribution in [2.45, 2.75) is 18.3 Å². The van der Waals surface area contributed by atoms with E-state index in [1.165, 1.54) is 6.08 Å². The lowest BCUT2D eigenvalue weighted by Crippen LogP contribution is -2.51. The summed E-state index contributed by atoms with van der Waals surface area (Å²) in [4.78, 5) is 32.9. The molecule has 29 heavy (non-hydrogen) atoms. The minimum atomic E-state index is -0.569. The van der Waals surface area contributed by atoms with Crippen LogP contribution in [0, 0.1) is 0 Å². The molecule has 2 aromatic rings. The summed E-state index contributed by atoms with van der Waals surface area (Å²) in [5.74, 6) is -0.363. The molecule has 2 amide bonds. The van der Waals surface area contributed by atoms with Crippen LogP contribution < -0.4 is 10.4 Å². The first kappa shape index (κ1) is 19.1. The van der Waals surface area contributed by atoms with E-state index in [0.717, 1.165) is 42.7 Å². The molecule has 1 aliphatic carbocycles. The van der Waals surface area contributed by atoms with Crippen LogP contribution in [0.25, 0.3) is 6.08 Å². The number of carbonyl (C=O) groups is 2. The van der Waals surface area contributed by atoms with Crippen molar-refractivity contribution in [3.05, 3.63) is 66.0 Å². The molecule has 1 saturated carbocycles. The number of nitrogens with one attached hydrogen (secondary N) is 1. The molecule has 1 aromatic carbocycles. The molecule has 0 unspecified atom stereocenters. The van der Waals surface area contributed by atoms with Crippen LogP contribution in [0.3, 0.4) is 0 Å². The van der Waals surface area contributed by atoms with Crippen molar-refractivity contribution in [1.82, 2.24) is 15.4 Å². The Balaban J connectivity index is 1.44. The molecule has 0 bridgehead atoms. The van der Waals surface area contributed by atoms with E-state index in [-0.39, 0.29) is 11.3 Å². The predicted molar refractivity (Wildman–Crippen MR) is 109 cm³/mol. The Hall–Kier alpha value is -3.19. The Labute approximate surface area is 169 Å². The van der Waals surface area contributed by atoms with Gasteiger partial charge in [-0.25, -0.2) is 5.48 Å². The summed E-state index contributed by atoms with van der Waals surface area (Å²) in [5, 5.41) is 8.66. The zero-order valence-corrected chi connectivity index (χ0v) is 16.1. The normalized spacial score (nSPS) is 18.0. The van der Waals surface area contributed by atoms with E-state index in [9.17, 15) is 9.59 Å². The van der Waals surface area contributed by atoms with Gasteiger partial charge in [0.1, 0.15) is 0 Å². The summed E-state index contributed by atoms with van der Waals surface area (Å²) >= 11 is 0. The van der Waals surface area contributed by atoms with Crippen molar-refractivity contribution < 1.29 is 14.8 Å². The number of aromatic nitrogens is 1. The average molecular weight is 392 g/mol. The summed E-state index contributed by atoms with van der Waals surface area (Å²) < 4.78 is 0. The number of anilines is 1. The van der Waals surface area contributed by atoms with E-state index in [4.69, 9.17) is 5.21 Å². The van der Waals surface area contributed by atoms with Gasteiger partial charge in [0.15, 0.2) is 0 Å². The van der Waals surface area contributed by atoms with Gasteiger partial charge in [-0.3, -0.25) is 19.8 Å². The minimum Gasteiger partial charge on any atom is -0.367 e. The van der Waals surface area contributed by atoms with Crippen molar-refractivity contribution in [1.29, 1.82) is 0 Å². The number of rotatable bonds is 5. The zero-order valence-electron chi connectivity index (χ0n) is 16.1. The van der Waals surface area contributed by atoms with Crippen molar-refractivity contribution in [2.75, 3.05) is 31.1 Å². The van der Waals surface area contributed by atoms with Crippen molar-refractivity contribution in [2.24, 2.45) is 0 Å². The average Bonchev–Trinajstić information content (AvgIpc) is 3.60. The topological polar surface area (TPSA) is 85.8 Å². The van der Waals surface area contributed by atoms with E-state index >= 15 is 0 Å². The molecule has 0 atom stereocenters. The molecular weight excluding hydrogens is 368 g/mol. The highest BCUT2D eigenvalue weighted by Gasteiger charge is 2.53. The molecule has 0 spiro atoms. The zero-order chi connectivity index (χ0) is 20.3. The predicted octanol–water partition coefficient (Wildman–Crippen LogP) is 1.98. The monoisotopic (exact) mass is 392 g/mol. The Morgan fingerprint density at radius 3 is 2.48 bits per heavy atom. The lowest BCUT2D eigenvalue weighted by atomic mass is 9.95. The third-order valence-electron chi connectivity index (χ3n) is 5.74. The number of hydrogen-bond acceptors (Lipinski definition) is 5. The van der Waals surface area contributed by atoms with E-state index in [0.29, 0.717) is 13.1 Å². The number of piperazine rings is 1. The quantitative estimate of drug-likeness (QED) is 0.462. The van der Waals surface area contributed by atoms with Crippen LogP contribution in [0.5, 0.6) is 0 Å². The van der Waals surface area contributed by atoms with Crippen molar-refractivity contribution >= 4 is 23.6 Å². The number of nitrogens with zero attached hydrogens (tertiary/aromatic N) is 3. The van der Waals surface area contributed by atoms with Gasteiger partial charge in [-0.1, -0.05) is 24.3 Å². The van der Waals surface area contributed by atoms with Crippen LogP contribution in [0.4, 0.5) is 5.69 Å². The van der Waals surface area contributed by atoms with Gasteiger partial charge >= 0.3 is 0 Å². The van der Waals surface area contributed by atoms with Crippen LogP contribution >= 0.6 is 0 Å². The number of carbonyl (C=O) groups excluding carboxylic acids is 2. The fourth-order valence-corrected chi connectivity index (χ4v) is 3.97. The number of pyridine rings is 1. The number of hydroxylamine groups is 1. The summed E-state index contributed by atoms with van der Waals surface area (Å²) in [6.45, 7) is 2.78. The van der Waals surface area contributed by atoms with E-state index < -0.39 is 5.91 Å². The first-order valence-electron chi connectivity index (χ1n) is 9.80. The summed E-state index contributed by atoms with van der Waals surface area (Å²) in [7, 11) is 0. The molecular formula is C22H24N4O3. The van der Waals surface area contributed by atoms with Crippen LogP contribution in [0.1, 0.15) is 24.0 Å². The third kappa shape index (κ3) is 3.86. The number of benzene rings is 1. The standard InChI is InChI=1S/C22H24N4O3/c27-20(24-29)8-7-17-4-1-2-6-19(17)25-12-14-26(15-13-25)21(28)22(9-10-22)18-5-3-11-23-16-18/h1-8,11,16,29H,9-10,12-15H2,(H,24,27)/b8-7+. The van der Waals surface area contributed by atoms with Crippen LogP contribution in [-0.2, 0) is 15.0 Å². The van der Waals surface area contributed by atoms with Gasteiger partial charge in [-0.2, -0.15) is 0 Å². The minimum absolute atomic E-state index is 0.206. The molecule has 7 nitrogen and oxygen atoms in total. The molecule has 2 N–H and O–H groups in total. The maximum absolute atomic E-state index is 13.2. The number of para-hydroxylation sites is 1. The van der Waals surface area contributed by atoms with Gasteiger partial charge in [0, 0.05) is 50.3 Å². The Bertz CT molecular complexity index is 917. The highest BCUT2D eigenvalue weighted by Crippen LogP contribution is 2.49. The fourth-order valence-electron chi connectivity index (χ4n) is 3.97. The molecule has 2 fully saturated rings. The molecule has 4 rings (SSSR count). The van der Waals surface area contributed by atoms with Crippen LogP contribution in [0.15, 0.2) is 54.9 Å². The lowest BCUT2D eigenvalue weighted by molar-refractivity contribution is -0.134. The highest BCUT2D eigenvalue weighted by atomic mass is 16.5. The van der Waals surface area contributed by atoms with Crippen LogP contribution in [0.2, 0.25) is 0 Å².